The van der Waals surface area contributed by atoms with Gasteiger partial charge in [-0.05, 0) is 92.7 Å². The predicted octanol–water partition coefficient (Wildman–Crippen LogP) is 9.11. The molecular formula is C30H54ClNO2. The first-order valence-electron chi connectivity index (χ1n) is 13.9. The lowest BCUT2D eigenvalue weighted by molar-refractivity contribution is 0.281. The normalized spacial score (nSPS) is 13.4. The van der Waals surface area contributed by atoms with Crippen LogP contribution in [0.25, 0.3) is 0 Å². The first-order chi connectivity index (χ1) is 16.2. The van der Waals surface area contributed by atoms with Crippen molar-refractivity contribution < 1.29 is 9.47 Å². The Balaban J connectivity index is 2.47. The van der Waals surface area contributed by atoms with E-state index < -0.39 is 0 Å². The fourth-order valence-corrected chi connectivity index (χ4v) is 5.02. The number of nitrogens with one attached hydrogen (secondary N) is 1. The smallest absolute Gasteiger partial charge is 0.126 e. The molecule has 0 aliphatic rings. The monoisotopic (exact) mass is 495 g/mol. The molecule has 0 bridgehead atoms. The summed E-state index contributed by atoms with van der Waals surface area (Å²) in [6, 6.07) is 0. The van der Waals surface area contributed by atoms with Gasteiger partial charge in [-0.15, -0.1) is 0 Å². The SMILES string of the molecule is CCc1c(C)c(OCCCNCl)c(C)c(C)c1OCCC[C@H](C)CCC[C@H](C)CCCC(C)C. The molecule has 0 amide bonds. The molecule has 1 N–H and O–H groups in total. The van der Waals surface area contributed by atoms with Crippen LogP contribution in [0.2, 0.25) is 0 Å². The maximum Gasteiger partial charge on any atom is 0.126 e. The summed E-state index contributed by atoms with van der Waals surface area (Å²) >= 11 is 5.56. The number of benzene rings is 1. The molecule has 34 heavy (non-hydrogen) atoms. The largest absolute Gasteiger partial charge is 0.493 e. The van der Waals surface area contributed by atoms with E-state index in [1.54, 1.807) is 0 Å². The van der Waals surface area contributed by atoms with Gasteiger partial charge in [-0.1, -0.05) is 73.1 Å². The third-order valence-corrected chi connectivity index (χ3v) is 7.48. The third kappa shape index (κ3) is 11.2. The van der Waals surface area contributed by atoms with Crippen molar-refractivity contribution in [2.24, 2.45) is 17.8 Å². The van der Waals surface area contributed by atoms with E-state index in [1.807, 2.05) is 0 Å². The molecule has 0 saturated carbocycles. The lowest BCUT2D eigenvalue weighted by Gasteiger charge is -2.22. The second kappa shape index (κ2) is 17.5. The molecule has 0 radical (unpaired) electrons. The van der Waals surface area contributed by atoms with Gasteiger partial charge in [0.25, 0.3) is 0 Å². The summed E-state index contributed by atoms with van der Waals surface area (Å²) < 4.78 is 12.5. The van der Waals surface area contributed by atoms with E-state index in [9.17, 15) is 0 Å². The van der Waals surface area contributed by atoms with Crippen molar-refractivity contribution in [1.29, 1.82) is 0 Å². The molecule has 0 fully saturated rings. The molecule has 1 rings (SSSR count). The molecule has 0 spiro atoms. The predicted molar refractivity (Wildman–Crippen MR) is 150 cm³/mol. The Morgan fingerprint density at radius 1 is 0.676 bits per heavy atom. The highest BCUT2D eigenvalue weighted by atomic mass is 35.5. The Morgan fingerprint density at radius 2 is 1.18 bits per heavy atom. The third-order valence-electron chi connectivity index (χ3n) is 7.29. The molecule has 4 heteroatoms. The summed E-state index contributed by atoms with van der Waals surface area (Å²) in [6.07, 6.45) is 12.5. The first kappa shape index (κ1) is 31.1. The number of hydrogen-bond donors (Lipinski definition) is 1. The van der Waals surface area contributed by atoms with E-state index >= 15 is 0 Å². The molecule has 3 nitrogen and oxygen atoms in total. The van der Waals surface area contributed by atoms with Crippen LogP contribution in [0.5, 0.6) is 11.5 Å². The van der Waals surface area contributed by atoms with E-state index in [0.29, 0.717) is 6.61 Å². The molecule has 0 saturated heterocycles. The minimum absolute atomic E-state index is 0.665. The maximum absolute atomic E-state index is 6.39. The number of hydrogen-bond acceptors (Lipinski definition) is 3. The molecule has 0 unspecified atom stereocenters. The van der Waals surface area contributed by atoms with Crippen LogP contribution in [-0.2, 0) is 6.42 Å². The van der Waals surface area contributed by atoms with Crippen molar-refractivity contribution in [2.45, 2.75) is 120 Å². The van der Waals surface area contributed by atoms with Crippen molar-refractivity contribution in [3.05, 3.63) is 22.3 Å². The molecule has 0 aromatic heterocycles. The van der Waals surface area contributed by atoms with Gasteiger partial charge < -0.3 is 9.47 Å². The quantitative estimate of drug-likeness (QED) is 0.153. The zero-order chi connectivity index (χ0) is 25.5. The Kier molecular flexibility index (Phi) is 16.0. The molecule has 0 heterocycles. The lowest BCUT2D eigenvalue weighted by atomic mass is 9.92. The van der Waals surface area contributed by atoms with Crippen LogP contribution in [0.1, 0.15) is 115 Å². The Hall–Kier alpha value is -0.930. The van der Waals surface area contributed by atoms with Crippen molar-refractivity contribution in [1.82, 2.24) is 4.84 Å². The van der Waals surface area contributed by atoms with Crippen molar-refractivity contribution in [3.8, 4) is 11.5 Å². The van der Waals surface area contributed by atoms with Gasteiger partial charge in [0.15, 0.2) is 0 Å². The molecule has 2 atom stereocenters. The van der Waals surface area contributed by atoms with E-state index in [2.05, 4.69) is 60.2 Å². The van der Waals surface area contributed by atoms with E-state index in [1.165, 1.54) is 67.2 Å². The molecule has 0 aliphatic carbocycles. The van der Waals surface area contributed by atoms with E-state index in [4.69, 9.17) is 21.3 Å². The second-order valence-corrected chi connectivity index (χ2v) is 11.2. The van der Waals surface area contributed by atoms with Crippen LogP contribution in [0, 0.1) is 38.5 Å². The van der Waals surface area contributed by atoms with Gasteiger partial charge in [0.1, 0.15) is 11.5 Å². The summed E-state index contributed by atoms with van der Waals surface area (Å²) in [7, 11) is 0. The standard InChI is InChI=1S/C30H54ClNO2/c1-9-28-27(8)29(33-21-13-19-32-31)25(6)26(7)30(28)34-20-12-18-24(5)17-11-16-23(4)15-10-14-22(2)3/h22-24,32H,9-21H2,1-8H3/t23-,24-/m1/s1. The van der Waals surface area contributed by atoms with Crippen LogP contribution in [-0.4, -0.2) is 19.8 Å². The van der Waals surface area contributed by atoms with Crippen LogP contribution in [0.3, 0.4) is 0 Å². The molecule has 1 aromatic carbocycles. The minimum atomic E-state index is 0.665. The average Bonchev–Trinajstić information content (AvgIpc) is 2.79. The molecular weight excluding hydrogens is 442 g/mol. The number of halogens is 1. The number of ether oxygens (including phenoxy) is 2. The summed E-state index contributed by atoms with van der Waals surface area (Å²) in [5, 5.41) is 0. The van der Waals surface area contributed by atoms with Gasteiger partial charge >= 0.3 is 0 Å². The zero-order valence-electron chi connectivity index (χ0n) is 23.6. The second-order valence-electron chi connectivity index (χ2n) is 10.9. The van der Waals surface area contributed by atoms with Crippen molar-refractivity contribution >= 4 is 11.8 Å². The lowest BCUT2D eigenvalue weighted by Crippen LogP contribution is -2.11. The molecule has 198 valence electrons. The first-order valence-corrected chi connectivity index (χ1v) is 14.3. The van der Waals surface area contributed by atoms with Crippen LogP contribution in [0.15, 0.2) is 0 Å². The summed E-state index contributed by atoms with van der Waals surface area (Å²) in [6.45, 7) is 20.4. The Bertz CT molecular complexity index is 689. The maximum atomic E-state index is 6.39. The zero-order valence-corrected chi connectivity index (χ0v) is 24.4. The summed E-state index contributed by atoms with van der Waals surface area (Å²) in [5.41, 5.74) is 4.91. The van der Waals surface area contributed by atoms with Crippen LogP contribution in [0.4, 0.5) is 0 Å². The van der Waals surface area contributed by atoms with E-state index in [-0.39, 0.29) is 0 Å². The van der Waals surface area contributed by atoms with Crippen LogP contribution >= 0.6 is 11.8 Å². The average molecular weight is 496 g/mol. The van der Waals surface area contributed by atoms with E-state index in [0.717, 1.165) is 61.7 Å². The topological polar surface area (TPSA) is 30.5 Å². The Morgan fingerprint density at radius 3 is 1.74 bits per heavy atom. The summed E-state index contributed by atoms with van der Waals surface area (Å²) in [5.74, 6) is 4.59. The highest BCUT2D eigenvalue weighted by Gasteiger charge is 2.18. The van der Waals surface area contributed by atoms with Gasteiger partial charge in [0.05, 0.1) is 13.2 Å². The number of rotatable bonds is 19. The Labute approximate surface area is 216 Å². The minimum Gasteiger partial charge on any atom is -0.493 e. The fraction of sp³-hybridized carbons (Fsp3) is 0.800. The van der Waals surface area contributed by atoms with Gasteiger partial charge in [-0.2, -0.15) is 0 Å². The van der Waals surface area contributed by atoms with Gasteiger partial charge in [0, 0.05) is 12.1 Å². The van der Waals surface area contributed by atoms with Crippen molar-refractivity contribution in [2.75, 3.05) is 19.8 Å². The fourth-order valence-electron chi connectivity index (χ4n) is 4.89. The highest BCUT2D eigenvalue weighted by Crippen LogP contribution is 2.38. The van der Waals surface area contributed by atoms with Crippen molar-refractivity contribution in [3.63, 3.8) is 0 Å². The molecule has 0 aliphatic heterocycles. The summed E-state index contributed by atoms with van der Waals surface area (Å²) in [4.78, 5) is 2.66. The molecule has 1 aromatic rings. The van der Waals surface area contributed by atoms with Gasteiger partial charge in [-0.25, -0.2) is 4.84 Å². The van der Waals surface area contributed by atoms with Gasteiger partial charge in [0.2, 0.25) is 0 Å². The van der Waals surface area contributed by atoms with Crippen LogP contribution < -0.4 is 14.3 Å². The highest BCUT2D eigenvalue weighted by molar-refractivity contribution is 6.13. The van der Waals surface area contributed by atoms with Gasteiger partial charge in [-0.3, -0.25) is 0 Å².